The molecule has 0 bridgehead atoms. The summed E-state index contributed by atoms with van der Waals surface area (Å²) in [6.45, 7) is 1.73. The molecule has 0 radical (unpaired) electrons. The molecule has 3 aliphatic heterocycles. The van der Waals surface area contributed by atoms with Crippen molar-refractivity contribution in [2.45, 2.75) is 36.1 Å². The Bertz CT molecular complexity index is 1870. The highest BCUT2D eigenvalue weighted by Crippen LogP contribution is 2.38. The Kier molecular flexibility index (Phi) is 7.25. The molecule has 7 rings (SSSR count). The average molecular weight is 623 g/mol. The van der Waals surface area contributed by atoms with Gasteiger partial charge in [0.25, 0.3) is 5.91 Å². The second kappa shape index (κ2) is 11.2. The minimum atomic E-state index is -4.25. The van der Waals surface area contributed by atoms with Crippen LogP contribution < -0.4 is 19.9 Å². The summed E-state index contributed by atoms with van der Waals surface area (Å²) in [5, 5.41) is 3.56. The number of anilines is 3. The number of nitrogens with one attached hydrogen (secondary N) is 1. The van der Waals surface area contributed by atoms with Gasteiger partial charge < -0.3 is 24.6 Å². The Balaban J connectivity index is 1.09. The number of aromatic nitrogens is 3. The van der Waals surface area contributed by atoms with Gasteiger partial charge in [-0.2, -0.15) is 0 Å². The van der Waals surface area contributed by atoms with Gasteiger partial charge in [0.2, 0.25) is 15.3 Å². The molecule has 44 heavy (non-hydrogen) atoms. The number of pyridine rings is 3. The number of carbonyl (C=O) groups excluding carboxylic acids is 1. The van der Waals surface area contributed by atoms with Crippen LogP contribution in [-0.2, 0) is 27.7 Å². The smallest absolute Gasteiger partial charge is 0.251 e. The Morgan fingerprint density at radius 2 is 1.91 bits per heavy atom. The van der Waals surface area contributed by atoms with Gasteiger partial charge in [0.05, 0.1) is 67.4 Å². The van der Waals surface area contributed by atoms with E-state index in [0.29, 0.717) is 60.4 Å². The summed E-state index contributed by atoms with van der Waals surface area (Å²) in [4.78, 5) is 30.5. The molecule has 3 aliphatic rings. The molecule has 6 heterocycles. The number of ether oxygens (including phenoxy) is 2. The minimum Gasteiger partial charge on any atom is -0.488 e. The lowest BCUT2D eigenvalue weighted by atomic mass is 10.1. The highest BCUT2D eigenvalue weighted by molar-refractivity contribution is 7.92. The summed E-state index contributed by atoms with van der Waals surface area (Å²) >= 11 is 0. The number of carbonyl (C=O) groups is 1. The van der Waals surface area contributed by atoms with Gasteiger partial charge in [0.15, 0.2) is 11.6 Å². The van der Waals surface area contributed by atoms with Crippen LogP contribution in [0, 0.1) is 0 Å². The molecule has 1 N–H and O–H groups in total. The molecule has 3 aromatic heterocycles. The molecule has 0 spiro atoms. The number of alkyl halides is 2. The van der Waals surface area contributed by atoms with Crippen LogP contribution in [0.3, 0.4) is 0 Å². The predicted octanol–water partition coefficient (Wildman–Crippen LogP) is 3.63. The SMILES string of the molecule is O=C(NCc1cc2nc(N3CCOc4cc(N5CC(F)C5)cnc43)ccc2cn1)c1ccc2c(c1)S(=O)(=O)[C@@H](F)CCOC2. The van der Waals surface area contributed by atoms with E-state index in [9.17, 15) is 22.0 Å². The number of amides is 1. The van der Waals surface area contributed by atoms with Gasteiger partial charge in [-0.1, -0.05) is 6.07 Å². The summed E-state index contributed by atoms with van der Waals surface area (Å²) in [5.74, 6) is 1.36. The summed E-state index contributed by atoms with van der Waals surface area (Å²) in [5.41, 5.74) is 0.300. The van der Waals surface area contributed by atoms with Crippen LogP contribution in [0.1, 0.15) is 28.0 Å². The Hall–Kier alpha value is -4.43. The molecular weight excluding hydrogens is 594 g/mol. The number of fused-ring (bicyclic) bond motifs is 3. The number of sulfone groups is 1. The predicted molar refractivity (Wildman–Crippen MR) is 157 cm³/mol. The fourth-order valence-electron chi connectivity index (χ4n) is 5.42. The van der Waals surface area contributed by atoms with Crippen molar-refractivity contribution in [1.82, 2.24) is 20.3 Å². The van der Waals surface area contributed by atoms with E-state index < -0.39 is 27.4 Å². The second-order valence-electron chi connectivity index (χ2n) is 10.9. The maximum Gasteiger partial charge on any atom is 0.251 e. The van der Waals surface area contributed by atoms with Crippen molar-refractivity contribution < 1.29 is 31.5 Å². The van der Waals surface area contributed by atoms with Crippen LogP contribution in [0.5, 0.6) is 5.75 Å². The van der Waals surface area contributed by atoms with Gasteiger partial charge in [-0.3, -0.25) is 9.78 Å². The van der Waals surface area contributed by atoms with Crippen LogP contribution >= 0.6 is 0 Å². The van der Waals surface area contributed by atoms with Gasteiger partial charge >= 0.3 is 0 Å². The fourth-order valence-corrected chi connectivity index (χ4v) is 6.88. The lowest BCUT2D eigenvalue weighted by Gasteiger charge is -2.37. The van der Waals surface area contributed by atoms with Crippen molar-refractivity contribution >= 4 is 44.0 Å². The third kappa shape index (κ3) is 5.28. The van der Waals surface area contributed by atoms with Gasteiger partial charge in [0, 0.05) is 29.6 Å². The molecule has 0 unspecified atom stereocenters. The van der Waals surface area contributed by atoms with E-state index in [4.69, 9.17) is 14.5 Å². The third-order valence-corrected chi connectivity index (χ3v) is 9.79. The van der Waals surface area contributed by atoms with Crippen LogP contribution in [0.25, 0.3) is 10.9 Å². The zero-order chi connectivity index (χ0) is 30.4. The van der Waals surface area contributed by atoms with Crippen LogP contribution in [0.2, 0.25) is 0 Å². The van der Waals surface area contributed by atoms with Crippen LogP contribution in [0.4, 0.5) is 26.1 Å². The molecule has 1 atom stereocenters. The largest absolute Gasteiger partial charge is 0.488 e. The maximum atomic E-state index is 14.4. The highest BCUT2D eigenvalue weighted by atomic mass is 32.2. The zero-order valence-corrected chi connectivity index (χ0v) is 24.3. The van der Waals surface area contributed by atoms with Gasteiger partial charge in [-0.05, 0) is 35.9 Å². The molecule has 1 fully saturated rings. The summed E-state index contributed by atoms with van der Waals surface area (Å²) in [6, 6.07) is 11.6. The van der Waals surface area contributed by atoms with Gasteiger partial charge in [0.1, 0.15) is 18.6 Å². The van der Waals surface area contributed by atoms with Crippen molar-refractivity contribution in [2.24, 2.45) is 0 Å². The first-order valence-electron chi connectivity index (χ1n) is 14.2. The first kappa shape index (κ1) is 28.3. The summed E-state index contributed by atoms with van der Waals surface area (Å²) in [7, 11) is -4.25. The molecular formula is C30H28F2N6O5S. The molecule has 14 heteroatoms. The summed E-state index contributed by atoms with van der Waals surface area (Å²) < 4.78 is 64.4. The molecule has 0 aliphatic carbocycles. The van der Waals surface area contributed by atoms with Crippen molar-refractivity contribution in [1.29, 1.82) is 0 Å². The fraction of sp³-hybridized carbons (Fsp3) is 0.333. The number of hydrogen-bond acceptors (Lipinski definition) is 10. The van der Waals surface area contributed by atoms with Crippen LogP contribution in [-0.4, -0.2) is 73.8 Å². The van der Waals surface area contributed by atoms with E-state index in [2.05, 4.69) is 15.3 Å². The van der Waals surface area contributed by atoms with Crippen molar-refractivity contribution in [3.63, 3.8) is 0 Å². The molecule has 11 nitrogen and oxygen atoms in total. The molecule has 1 saturated heterocycles. The van der Waals surface area contributed by atoms with Crippen molar-refractivity contribution in [2.75, 3.05) is 42.6 Å². The number of halogens is 2. The topological polar surface area (TPSA) is 127 Å². The average Bonchev–Trinajstić information content (AvgIpc) is 3.02. The van der Waals surface area contributed by atoms with E-state index in [1.807, 2.05) is 28.0 Å². The molecule has 228 valence electrons. The Labute approximate surface area is 251 Å². The lowest BCUT2D eigenvalue weighted by molar-refractivity contribution is 0.0948. The van der Waals surface area contributed by atoms with E-state index in [1.165, 1.54) is 18.2 Å². The zero-order valence-electron chi connectivity index (χ0n) is 23.4. The van der Waals surface area contributed by atoms with Crippen molar-refractivity contribution in [3.8, 4) is 5.75 Å². The molecule has 1 aromatic carbocycles. The number of nitrogens with zero attached hydrogens (tertiary/aromatic N) is 5. The van der Waals surface area contributed by atoms with E-state index in [0.717, 1.165) is 11.1 Å². The normalized spacial score (nSPS) is 19.6. The third-order valence-electron chi connectivity index (χ3n) is 7.89. The number of rotatable bonds is 5. The monoisotopic (exact) mass is 622 g/mol. The molecule has 0 saturated carbocycles. The highest BCUT2D eigenvalue weighted by Gasteiger charge is 2.32. The first-order chi connectivity index (χ1) is 21.3. The minimum absolute atomic E-state index is 0.00352. The Morgan fingerprint density at radius 3 is 2.75 bits per heavy atom. The molecule has 1 amide bonds. The van der Waals surface area contributed by atoms with E-state index >= 15 is 0 Å². The quantitative estimate of drug-likeness (QED) is 0.353. The second-order valence-corrected chi connectivity index (χ2v) is 12.9. The Morgan fingerprint density at radius 1 is 1.05 bits per heavy atom. The van der Waals surface area contributed by atoms with Crippen molar-refractivity contribution in [3.05, 3.63) is 71.7 Å². The standard InChI is InChI=1S/C30H28F2N6O5S/c31-21-15-37(16-21)23-11-25-29(34-14-23)38(6-8-43-25)28-4-3-19-12-33-22(10-24(19)36-28)13-35-30(39)18-1-2-20-17-42-7-5-27(32)44(40,41)26(20)9-18/h1-4,9-12,14,21,27H,5-8,13,15-17H2,(H,35,39)/t27-/m1/s1. The van der Waals surface area contributed by atoms with Crippen LogP contribution in [0.15, 0.2) is 59.8 Å². The van der Waals surface area contributed by atoms with E-state index in [-0.39, 0.29) is 36.6 Å². The van der Waals surface area contributed by atoms with E-state index in [1.54, 1.807) is 18.5 Å². The maximum absolute atomic E-state index is 14.4. The summed E-state index contributed by atoms with van der Waals surface area (Å²) in [6.07, 6.45) is 2.28. The van der Waals surface area contributed by atoms with Gasteiger partial charge in [-0.25, -0.2) is 27.2 Å². The van der Waals surface area contributed by atoms with Gasteiger partial charge in [-0.15, -0.1) is 0 Å². The number of benzene rings is 1. The molecule has 4 aromatic rings. The lowest BCUT2D eigenvalue weighted by Crippen LogP contribution is -2.48. The first-order valence-corrected chi connectivity index (χ1v) is 15.7. The number of hydrogen-bond donors (Lipinski definition) is 1.